The third kappa shape index (κ3) is 2.49. The second kappa shape index (κ2) is 5.95. The lowest BCUT2D eigenvalue weighted by Gasteiger charge is -2.15. The smallest absolute Gasteiger partial charge is 0.235 e. The molecule has 0 aliphatic rings. The fourth-order valence-corrected chi connectivity index (χ4v) is 3.70. The molecule has 0 radical (unpaired) electrons. The van der Waals surface area contributed by atoms with Gasteiger partial charge < -0.3 is 4.74 Å². The Morgan fingerprint density at radius 1 is 1.04 bits per heavy atom. The molecule has 0 aliphatic heterocycles. The van der Waals surface area contributed by atoms with Crippen LogP contribution in [0, 0.1) is 18.3 Å². The molecule has 4 rings (SSSR count). The van der Waals surface area contributed by atoms with Crippen LogP contribution < -0.4 is 4.74 Å². The van der Waals surface area contributed by atoms with E-state index >= 15 is 0 Å². The van der Waals surface area contributed by atoms with Crippen LogP contribution in [-0.2, 0) is 0 Å². The number of aryl methyl sites for hydroxylation is 1. The Hall–Kier alpha value is -2.90. The van der Waals surface area contributed by atoms with Gasteiger partial charge in [0.05, 0.1) is 10.2 Å². The summed E-state index contributed by atoms with van der Waals surface area (Å²) in [6.07, 6.45) is -0.716. The molecule has 1 aromatic heterocycles. The lowest BCUT2D eigenvalue weighted by Crippen LogP contribution is -2.06. The molecule has 1 unspecified atom stereocenters. The summed E-state index contributed by atoms with van der Waals surface area (Å²) < 4.78 is 7.17. The molecule has 0 spiro atoms. The van der Waals surface area contributed by atoms with Crippen LogP contribution in [0.5, 0.6) is 5.75 Å². The number of hydrogen-bond acceptors (Lipinski definition) is 4. The van der Waals surface area contributed by atoms with Crippen molar-refractivity contribution < 1.29 is 4.74 Å². The van der Waals surface area contributed by atoms with E-state index in [0.717, 1.165) is 32.3 Å². The summed E-state index contributed by atoms with van der Waals surface area (Å²) >= 11 is 1.50. The fraction of sp³-hybridized carbons (Fsp3) is 0.100. The average Bonchev–Trinajstić information content (AvgIpc) is 3.05. The Kier molecular flexibility index (Phi) is 3.64. The molecular weight excluding hydrogens is 316 g/mol. The monoisotopic (exact) mass is 330 g/mol. The molecule has 1 heterocycles. The number of para-hydroxylation sites is 1. The van der Waals surface area contributed by atoms with Gasteiger partial charge in [0.25, 0.3) is 0 Å². The number of thiazole rings is 1. The number of ether oxygens (including phenoxy) is 1. The number of nitrogens with zero attached hydrogens (tertiary/aromatic N) is 2. The zero-order chi connectivity index (χ0) is 16.5. The summed E-state index contributed by atoms with van der Waals surface area (Å²) in [5, 5.41) is 12.4. The van der Waals surface area contributed by atoms with Crippen LogP contribution >= 0.6 is 11.3 Å². The second-order valence-electron chi connectivity index (χ2n) is 5.58. The fourth-order valence-electron chi connectivity index (χ4n) is 2.76. The van der Waals surface area contributed by atoms with Crippen LogP contribution in [-0.4, -0.2) is 4.98 Å². The maximum absolute atomic E-state index is 9.62. The highest BCUT2D eigenvalue weighted by atomic mass is 32.1. The molecular formula is C20H14N2OS. The first-order valence-corrected chi connectivity index (χ1v) is 8.48. The topological polar surface area (TPSA) is 45.9 Å². The van der Waals surface area contributed by atoms with E-state index in [0.29, 0.717) is 5.01 Å². The summed E-state index contributed by atoms with van der Waals surface area (Å²) in [7, 11) is 0. The minimum Gasteiger partial charge on any atom is -0.467 e. The first kappa shape index (κ1) is 14.7. The van der Waals surface area contributed by atoms with Gasteiger partial charge in [-0.25, -0.2) is 4.98 Å². The van der Waals surface area contributed by atoms with Crippen LogP contribution in [0.4, 0.5) is 0 Å². The maximum Gasteiger partial charge on any atom is 0.235 e. The molecule has 0 saturated carbocycles. The number of hydrogen-bond donors (Lipinski definition) is 0. The van der Waals surface area contributed by atoms with E-state index in [1.807, 2.05) is 61.5 Å². The third-order valence-corrected chi connectivity index (χ3v) is 5.04. The standard InChI is InChI=1S/C20H14N2OS/c1-13-10-11-14-6-2-3-7-15(14)19(13)23-17(12-21)20-22-16-8-4-5-9-18(16)24-20/h2-11,17H,1H3. The number of benzene rings is 3. The van der Waals surface area contributed by atoms with Gasteiger partial charge in [0.2, 0.25) is 6.10 Å². The zero-order valence-corrected chi connectivity index (χ0v) is 13.9. The molecule has 0 aliphatic carbocycles. The van der Waals surface area contributed by atoms with Gasteiger partial charge in [-0.2, -0.15) is 5.26 Å². The SMILES string of the molecule is Cc1ccc2ccccc2c1OC(C#N)c1nc2ccccc2s1. The highest BCUT2D eigenvalue weighted by Crippen LogP contribution is 2.34. The van der Waals surface area contributed by atoms with Crippen molar-refractivity contribution in [3.63, 3.8) is 0 Å². The van der Waals surface area contributed by atoms with Gasteiger partial charge in [-0.1, -0.05) is 48.5 Å². The summed E-state index contributed by atoms with van der Waals surface area (Å²) in [6, 6.07) is 22.2. The lowest BCUT2D eigenvalue weighted by molar-refractivity contribution is 0.264. The Morgan fingerprint density at radius 2 is 1.83 bits per heavy atom. The van der Waals surface area contributed by atoms with Gasteiger partial charge in [-0.3, -0.25) is 0 Å². The van der Waals surface area contributed by atoms with Crippen molar-refractivity contribution in [3.05, 3.63) is 71.2 Å². The van der Waals surface area contributed by atoms with Crippen molar-refractivity contribution in [2.45, 2.75) is 13.0 Å². The molecule has 4 aromatic rings. The number of fused-ring (bicyclic) bond motifs is 2. The summed E-state index contributed by atoms with van der Waals surface area (Å²) in [5.41, 5.74) is 1.91. The highest BCUT2D eigenvalue weighted by Gasteiger charge is 2.19. The minimum absolute atomic E-state index is 0.686. The van der Waals surface area contributed by atoms with Gasteiger partial charge >= 0.3 is 0 Å². The predicted octanol–water partition coefficient (Wildman–Crippen LogP) is 5.40. The first-order chi connectivity index (χ1) is 11.8. The van der Waals surface area contributed by atoms with Crippen molar-refractivity contribution in [2.75, 3.05) is 0 Å². The van der Waals surface area contributed by atoms with E-state index in [2.05, 4.69) is 17.1 Å². The zero-order valence-electron chi connectivity index (χ0n) is 13.1. The van der Waals surface area contributed by atoms with Crippen LogP contribution in [0.25, 0.3) is 21.0 Å². The third-order valence-electron chi connectivity index (χ3n) is 3.96. The molecule has 24 heavy (non-hydrogen) atoms. The van der Waals surface area contributed by atoms with Crippen LogP contribution in [0.1, 0.15) is 16.7 Å². The van der Waals surface area contributed by atoms with Gasteiger partial charge in [0, 0.05) is 5.39 Å². The Morgan fingerprint density at radius 3 is 2.67 bits per heavy atom. The van der Waals surface area contributed by atoms with Gasteiger partial charge in [0.1, 0.15) is 16.8 Å². The van der Waals surface area contributed by atoms with E-state index in [-0.39, 0.29) is 0 Å². The van der Waals surface area contributed by atoms with Crippen LogP contribution in [0.2, 0.25) is 0 Å². The molecule has 0 fully saturated rings. The van der Waals surface area contributed by atoms with E-state index in [4.69, 9.17) is 4.74 Å². The van der Waals surface area contributed by atoms with Crippen LogP contribution in [0.3, 0.4) is 0 Å². The molecule has 0 bridgehead atoms. The normalized spacial score (nSPS) is 12.2. The molecule has 3 nitrogen and oxygen atoms in total. The van der Waals surface area contributed by atoms with Crippen molar-refractivity contribution in [2.24, 2.45) is 0 Å². The summed E-state index contributed by atoms with van der Waals surface area (Å²) in [4.78, 5) is 4.56. The molecule has 1 atom stereocenters. The van der Waals surface area contributed by atoms with Gasteiger partial charge in [0.15, 0.2) is 0 Å². The van der Waals surface area contributed by atoms with Crippen molar-refractivity contribution in [1.82, 2.24) is 4.98 Å². The molecule has 4 heteroatoms. The lowest BCUT2D eigenvalue weighted by atomic mass is 10.1. The van der Waals surface area contributed by atoms with Crippen LogP contribution in [0.15, 0.2) is 60.7 Å². The molecule has 0 amide bonds. The largest absolute Gasteiger partial charge is 0.467 e. The number of nitriles is 1. The Bertz CT molecular complexity index is 1040. The highest BCUT2D eigenvalue weighted by molar-refractivity contribution is 7.18. The van der Waals surface area contributed by atoms with Crippen molar-refractivity contribution in [3.8, 4) is 11.8 Å². The number of rotatable bonds is 3. The summed E-state index contributed by atoms with van der Waals surface area (Å²) in [6.45, 7) is 1.99. The molecule has 0 saturated heterocycles. The van der Waals surface area contributed by atoms with E-state index < -0.39 is 6.10 Å². The molecule has 116 valence electrons. The number of aromatic nitrogens is 1. The van der Waals surface area contributed by atoms with E-state index in [1.54, 1.807) is 0 Å². The van der Waals surface area contributed by atoms with Gasteiger partial charge in [-0.15, -0.1) is 11.3 Å². The first-order valence-electron chi connectivity index (χ1n) is 7.66. The Balaban J connectivity index is 1.78. The molecule has 3 aromatic carbocycles. The van der Waals surface area contributed by atoms with Crippen molar-refractivity contribution >= 4 is 32.3 Å². The van der Waals surface area contributed by atoms with Gasteiger partial charge in [-0.05, 0) is 30.0 Å². The maximum atomic E-state index is 9.62. The Labute approximate surface area is 143 Å². The van der Waals surface area contributed by atoms with Crippen molar-refractivity contribution in [1.29, 1.82) is 5.26 Å². The van der Waals surface area contributed by atoms with E-state index in [9.17, 15) is 5.26 Å². The summed E-state index contributed by atoms with van der Waals surface area (Å²) in [5.74, 6) is 0.749. The quantitative estimate of drug-likeness (QED) is 0.505. The molecule has 0 N–H and O–H groups in total. The second-order valence-corrected chi connectivity index (χ2v) is 6.64. The predicted molar refractivity (Wildman–Crippen MR) is 97.3 cm³/mol. The minimum atomic E-state index is -0.716. The van der Waals surface area contributed by atoms with E-state index in [1.165, 1.54) is 11.3 Å². The average molecular weight is 330 g/mol.